The van der Waals surface area contributed by atoms with Crippen LogP contribution in [0.2, 0.25) is 0 Å². The van der Waals surface area contributed by atoms with Gasteiger partial charge in [0.05, 0.1) is 11.1 Å². The van der Waals surface area contributed by atoms with E-state index in [1.165, 1.54) is 0 Å². The Bertz CT molecular complexity index is 1110. The van der Waals surface area contributed by atoms with Crippen molar-refractivity contribution in [3.8, 4) is 0 Å². The fourth-order valence-electron chi connectivity index (χ4n) is 3.62. The number of halogens is 3. The quantitative estimate of drug-likeness (QED) is 0.690. The lowest BCUT2D eigenvalue weighted by Crippen LogP contribution is -2.22. The van der Waals surface area contributed by atoms with Crippen LogP contribution in [0.3, 0.4) is 0 Å². The molecule has 3 aromatic heterocycles. The molecule has 0 amide bonds. The second-order valence-electron chi connectivity index (χ2n) is 6.32. The summed E-state index contributed by atoms with van der Waals surface area (Å²) in [6, 6.07) is 0. The number of aromatic amines is 2. The summed E-state index contributed by atoms with van der Waals surface area (Å²) in [7, 11) is 0. The minimum absolute atomic E-state index is 0.0574. The average molecular weight is 369 g/mol. The molecule has 1 aliphatic rings. The van der Waals surface area contributed by atoms with Gasteiger partial charge < -0.3 is 4.98 Å². The molecule has 9 heteroatoms. The van der Waals surface area contributed by atoms with Crippen molar-refractivity contribution >= 4 is 31.8 Å². The molecule has 0 saturated carbocycles. The number of aromatic nitrogens is 3. The fourth-order valence-corrected chi connectivity index (χ4v) is 4.67. The van der Waals surface area contributed by atoms with Crippen molar-refractivity contribution in [3.63, 3.8) is 0 Å². The second-order valence-corrected chi connectivity index (χ2v) is 7.32. The lowest BCUT2D eigenvalue weighted by molar-refractivity contribution is -0.137. The summed E-state index contributed by atoms with van der Waals surface area (Å²) in [6.07, 6.45) is -2.17. The molecule has 0 aromatic carbocycles. The van der Waals surface area contributed by atoms with Gasteiger partial charge in [0.2, 0.25) is 0 Å². The van der Waals surface area contributed by atoms with Crippen molar-refractivity contribution in [3.05, 3.63) is 37.7 Å². The van der Waals surface area contributed by atoms with Crippen molar-refractivity contribution in [1.82, 2.24) is 15.0 Å². The highest BCUT2D eigenvalue weighted by molar-refractivity contribution is 7.25. The minimum Gasteiger partial charge on any atom is -0.305 e. The van der Waals surface area contributed by atoms with Crippen LogP contribution >= 0.6 is 11.3 Å². The van der Waals surface area contributed by atoms with Crippen LogP contribution in [0.25, 0.3) is 20.4 Å². The third kappa shape index (κ3) is 2.48. The largest absolute Gasteiger partial charge is 0.417 e. The van der Waals surface area contributed by atoms with E-state index in [0.717, 1.165) is 24.2 Å². The predicted octanol–water partition coefficient (Wildman–Crippen LogP) is 3.36. The summed E-state index contributed by atoms with van der Waals surface area (Å²) in [5.41, 5.74) is -1.68. The summed E-state index contributed by atoms with van der Waals surface area (Å²) >= 11 is 0.882. The van der Waals surface area contributed by atoms with E-state index in [1.807, 2.05) is 6.92 Å². The molecule has 0 aliphatic heterocycles. The van der Waals surface area contributed by atoms with Gasteiger partial charge in [-0.25, -0.2) is 9.78 Å². The Labute approximate surface area is 142 Å². The van der Waals surface area contributed by atoms with E-state index in [9.17, 15) is 22.8 Å². The van der Waals surface area contributed by atoms with E-state index >= 15 is 0 Å². The van der Waals surface area contributed by atoms with Crippen molar-refractivity contribution in [1.29, 1.82) is 0 Å². The first-order chi connectivity index (χ1) is 11.8. The second kappa shape index (κ2) is 5.42. The topological polar surface area (TPSA) is 78.6 Å². The molecule has 132 valence electrons. The summed E-state index contributed by atoms with van der Waals surface area (Å²) < 4.78 is 41.9. The number of aryl methyl sites for hydroxylation is 1. The Morgan fingerprint density at radius 1 is 1.28 bits per heavy atom. The minimum atomic E-state index is -4.59. The van der Waals surface area contributed by atoms with Crippen molar-refractivity contribution < 1.29 is 13.2 Å². The van der Waals surface area contributed by atoms with Crippen LogP contribution in [-0.2, 0) is 19.0 Å². The van der Waals surface area contributed by atoms with Crippen LogP contribution in [0.4, 0.5) is 13.2 Å². The van der Waals surface area contributed by atoms with E-state index in [-0.39, 0.29) is 31.9 Å². The SMILES string of the molecule is CC[C@@H]1CCc2nc3sc4c(=O)[nH]c(=O)[nH]c4c3c(C(F)(F)F)c2C1. The predicted molar refractivity (Wildman–Crippen MR) is 89.2 cm³/mol. The number of pyridine rings is 1. The molecular weight excluding hydrogens is 355 g/mol. The molecular formula is C16H14F3N3O2S. The Morgan fingerprint density at radius 3 is 2.72 bits per heavy atom. The highest BCUT2D eigenvalue weighted by Crippen LogP contribution is 2.45. The fraction of sp³-hybridized carbons (Fsp3) is 0.438. The monoisotopic (exact) mass is 369 g/mol. The first kappa shape index (κ1) is 16.3. The number of hydrogen-bond acceptors (Lipinski definition) is 4. The summed E-state index contributed by atoms with van der Waals surface area (Å²) in [5.74, 6) is 0.181. The molecule has 3 aromatic rings. The Hall–Kier alpha value is -2.16. The average Bonchev–Trinajstić information content (AvgIpc) is 2.89. The Balaban J connectivity index is 2.19. The molecule has 0 saturated heterocycles. The molecule has 2 N–H and O–H groups in total. The molecule has 4 rings (SSSR count). The molecule has 0 radical (unpaired) electrons. The summed E-state index contributed by atoms with van der Waals surface area (Å²) in [6.45, 7) is 1.96. The molecule has 5 nitrogen and oxygen atoms in total. The Kier molecular flexibility index (Phi) is 3.54. The molecule has 0 bridgehead atoms. The van der Waals surface area contributed by atoms with E-state index < -0.39 is 23.0 Å². The van der Waals surface area contributed by atoms with Crippen LogP contribution < -0.4 is 11.2 Å². The molecule has 3 heterocycles. The maximum absolute atomic E-state index is 13.9. The van der Waals surface area contributed by atoms with Crippen LogP contribution in [0.5, 0.6) is 0 Å². The number of H-pyrrole nitrogens is 2. The molecule has 0 fully saturated rings. The molecule has 0 unspecified atom stereocenters. The number of alkyl halides is 3. The first-order valence-electron chi connectivity index (χ1n) is 7.97. The zero-order valence-corrected chi connectivity index (χ0v) is 14.0. The van der Waals surface area contributed by atoms with Gasteiger partial charge in [-0.05, 0) is 30.7 Å². The van der Waals surface area contributed by atoms with Gasteiger partial charge in [-0.15, -0.1) is 11.3 Å². The summed E-state index contributed by atoms with van der Waals surface area (Å²) in [5, 5.41) is -0.161. The molecule has 25 heavy (non-hydrogen) atoms. The first-order valence-corrected chi connectivity index (χ1v) is 8.79. The smallest absolute Gasteiger partial charge is 0.305 e. The number of fused-ring (bicyclic) bond motifs is 4. The molecule has 1 aliphatic carbocycles. The normalized spacial score (nSPS) is 18.0. The maximum Gasteiger partial charge on any atom is 0.417 e. The number of nitrogens with zero attached hydrogens (tertiary/aromatic N) is 1. The highest BCUT2D eigenvalue weighted by Gasteiger charge is 2.40. The van der Waals surface area contributed by atoms with Crippen LogP contribution in [0.1, 0.15) is 36.6 Å². The number of hydrogen-bond donors (Lipinski definition) is 2. The van der Waals surface area contributed by atoms with E-state index in [1.54, 1.807) is 0 Å². The van der Waals surface area contributed by atoms with Gasteiger partial charge in [0, 0.05) is 11.1 Å². The van der Waals surface area contributed by atoms with Gasteiger partial charge in [-0.3, -0.25) is 9.78 Å². The van der Waals surface area contributed by atoms with E-state index in [2.05, 4.69) is 15.0 Å². The van der Waals surface area contributed by atoms with Gasteiger partial charge in [0.1, 0.15) is 9.53 Å². The van der Waals surface area contributed by atoms with Crippen molar-refractivity contribution in [2.75, 3.05) is 0 Å². The lowest BCUT2D eigenvalue weighted by Gasteiger charge is -2.26. The zero-order chi connectivity index (χ0) is 17.9. The number of rotatable bonds is 1. The van der Waals surface area contributed by atoms with E-state index in [0.29, 0.717) is 18.5 Å². The summed E-state index contributed by atoms with van der Waals surface area (Å²) in [4.78, 5) is 32.5. The number of nitrogens with one attached hydrogen (secondary N) is 2. The van der Waals surface area contributed by atoms with Gasteiger partial charge in [-0.2, -0.15) is 13.2 Å². The van der Waals surface area contributed by atoms with Gasteiger partial charge in [0.15, 0.2) is 0 Å². The van der Waals surface area contributed by atoms with Crippen LogP contribution in [0, 0.1) is 5.92 Å². The maximum atomic E-state index is 13.9. The van der Waals surface area contributed by atoms with Gasteiger partial charge >= 0.3 is 11.9 Å². The van der Waals surface area contributed by atoms with Crippen molar-refractivity contribution in [2.24, 2.45) is 5.92 Å². The third-order valence-electron chi connectivity index (χ3n) is 4.84. The van der Waals surface area contributed by atoms with Crippen LogP contribution in [0.15, 0.2) is 9.59 Å². The zero-order valence-electron chi connectivity index (χ0n) is 13.2. The van der Waals surface area contributed by atoms with Crippen molar-refractivity contribution in [2.45, 2.75) is 38.8 Å². The van der Waals surface area contributed by atoms with E-state index in [4.69, 9.17) is 0 Å². The highest BCUT2D eigenvalue weighted by atomic mass is 32.1. The van der Waals surface area contributed by atoms with Gasteiger partial charge in [0.25, 0.3) is 5.56 Å². The Morgan fingerprint density at radius 2 is 2.04 bits per heavy atom. The molecule has 1 atom stereocenters. The third-order valence-corrected chi connectivity index (χ3v) is 5.92. The lowest BCUT2D eigenvalue weighted by atomic mass is 9.82. The number of thiophene rings is 1. The van der Waals surface area contributed by atoms with Gasteiger partial charge in [-0.1, -0.05) is 13.3 Å². The molecule has 0 spiro atoms. The standard InChI is InChI=1S/C16H14F3N3O2S/c1-2-6-3-4-8-7(5-6)10(16(17,18)19)9-11-12(25-14(9)20-8)13(23)22-15(24)21-11/h6H,2-5H2,1H3,(H2,21,22,23,24)/t6-/m1/s1. The van der Waals surface area contributed by atoms with Crippen LogP contribution in [-0.4, -0.2) is 15.0 Å².